The molecule has 0 unspecified atom stereocenters. The first-order chi connectivity index (χ1) is 11.9. The lowest BCUT2D eigenvalue weighted by atomic mass is 10.1. The van der Waals surface area contributed by atoms with Gasteiger partial charge in [-0.3, -0.25) is 0 Å². The zero-order valence-electron chi connectivity index (χ0n) is 15.2. The number of pyridine rings is 1. The molecule has 0 fully saturated rings. The average Bonchev–Trinajstić information content (AvgIpc) is 2.61. The van der Waals surface area contributed by atoms with Gasteiger partial charge in [0.1, 0.15) is 5.82 Å². The van der Waals surface area contributed by atoms with Crippen molar-refractivity contribution in [2.75, 3.05) is 38.5 Å². The lowest BCUT2D eigenvalue weighted by Crippen LogP contribution is -2.31. The second kappa shape index (κ2) is 8.23. The van der Waals surface area contributed by atoms with Crippen molar-refractivity contribution in [3.8, 4) is 11.5 Å². The molecule has 1 aromatic heterocycles. The van der Waals surface area contributed by atoms with Gasteiger partial charge in [-0.25, -0.2) is 9.78 Å². The Balaban J connectivity index is 2.00. The Labute approximate surface area is 148 Å². The van der Waals surface area contributed by atoms with Crippen LogP contribution in [0.15, 0.2) is 36.5 Å². The van der Waals surface area contributed by atoms with E-state index < -0.39 is 0 Å². The second-order valence-electron chi connectivity index (χ2n) is 5.73. The number of amides is 2. The Morgan fingerprint density at radius 3 is 2.40 bits per heavy atom. The highest BCUT2D eigenvalue weighted by Gasteiger charge is 2.13. The van der Waals surface area contributed by atoms with Crippen LogP contribution in [0.25, 0.3) is 0 Å². The van der Waals surface area contributed by atoms with Crippen molar-refractivity contribution in [1.29, 1.82) is 0 Å². The number of carbonyl (C=O) groups excluding carboxylic acids is 1. The number of anilines is 2. The molecule has 0 saturated carbocycles. The molecule has 7 heteroatoms. The van der Waals surface area contributed by atoms with Crippen LogP contribution in [0.2, 0.25) is 0 Å². The molecule has 134 valence electrons. The largest absolute Gasteiger partial charge is 0.493 e. The molecule has 0 radical (unpaired) electrons. The lowest BCUT2D eigenvalue weighted by Gasteiger charge is -2.17. The van der Waals surface area contributed by atoms with Crippen LogP contribution < -0.4 is 25.0 Å². The number of benzene rings is 1. The number of urea groups is 1. The average molecular weight is 344 g/mol. The van der Waals surface area contributed by atoms with E-state index in [1.54, 1.807) is 20.4 Å². The fourth-order valence-electron chi connectivity index (χ4n) is 2.29. The maximum absolute atomic E-state index is 12.2. The van der Waals surface area contributed by atoms with Crippen molar-refractivity contribution in [3.63, 3.8) is 0 Å². The van der Waals surface area contributed by atoms with E-state index in [0.29, 0.717) is 17.2 Å². The monoisotopic (exact) mass is 344 g/mol. The minimum absolute atomic E-state index is 0.200. The number of nitrogens with zero attached hydrogens (tertiary/aromatic N) is 2. The van der Waals surface area contributed by atoms with E-state index in [-0.39, 0.29) is 12.1 Å². The van der Waals surface area contributed by atoms with Crippen molar-refractivity contribution >= 4 is 17.5 Å². The maximum Gasteiger partial charge on any atom is 0.319 e. The molecule has 1 heterocycles. The van der Waals surface area contributed by atoms with Crippen LogP contribution >= 0.6 is 0 Å². The summed E-state index contributed by atoms with van der Waals surface area (Å²) in [4.78, 5) is 18.3. The van der Waals surface area contributed by atoms with Gasteiger partial charge in [0.2, 0.25) is 0 Å². The summed E-state index contributed by atoms with van der Waals surface area (Å²) in [5, 5.41) is 5.66. The summed E-state index contributed by atoms with van der Waals surface area (Å²) in [5.74, 6) is 2.09. The van der Waals surface area contributed by atoms with Crippen LogP contribution in [0, 0.1) is 0 Å². The Morgan fingerprint density at radius 1 is 1.12 bits per heavy atom. The van der Waals surface area contributed by atoms with Crippen molar-refractivity contribution in [2.24, 2.45) is 0 Å². The first-order valence-electron chi connectivity index (χ1n) is 7.87. The third-order valence-electron chi connectivity index (χ3n) is 3.72. The van der Waals surface area contributed by atoms with Gasteiger partial charge in [0.25, 0.3) is 0 Å². The molecule has 2 aromatic rings. The van der Waals surface area contributed by atoms with Gasteiger partial charge in [0.05, 0.1) is 32.1 Å². The fraction of sp³-hybridized carbons (Fsp3) is 0.333. The summed E-state index contributed by atoms with van der Waals surface area (Å²) in [6.07, 6.45) is 1.62. The number of carbonyl (C=O) groups is 1. The molecule has 0 aliphatic rings. The normalized spacial score (nSPS) is 11.4. The van der Waals surface area contributed by atoms with Crippen LogP contribution in [-0.4, -0.2) is 39.3 Å². The lowest BCUT2D eigenvalue weighted by molar-refractivity contribution is 0.249. The minimum atomic E-state index is -0.304. The first-order valence-corrected chi connectivity index (χ1v) is 7.87. The molecular formula is C18H24N4O3. The van der Waals surface area contributed by atoms with E-state index in [2.05, 4.69) is 15.6 Å². The highest BCUT2D eigenvalue weighted by atomic mass is 16.5. The summed E-state index contributed by atoms with van der Waals surface area (Å²) >= 11 is 0. The molecule has 0 bridgehead atoms. The number of hydrogen-bond donors (Lipinski definition) is 2. The smallest absolute Gasteiger partial charge is 0.319 e. The molecule has 7 nitrogen and oxygen atoms in total. The fourth-order valence-corrected chi connectivity index (χ4v) is 2.29. The molecule has 2 N–H and O–H groups in total. The van der Waals surface area contributed by atoms with E-state index in [9.17, 15) is 4.79 Å². The second-order valence-corrected chi connectivity index (χ2v) is 5.73. The Bertz CT molecular complexity index is 717. The number of aromatic nitrogens is 1. The van der Waals surface area contributed by atoms with Crippen LogP contribution in [0.4, 0.5) is 16.3 Å². The summed E-state index contributed by atoms with van der Waals surface area (Å²) < 4.78 is 10.5. The third-order valence-corrected chi connectivity index (χ3v) is 3.72. The predicted molar refractivity (Wildman–Crippen MR) is 98.7 cm³/mol. The summed E-state index contributed by atoms with van der Waals surface area (Å²) in [6, 6.07) is 8.69. The Hall–Kier alpha value is -2.96. The van der Waals surface area contributed by atoms with Crippen LogP contribution in [-0.2, 0) is 0 Å². The van der Waals surface area contributed by atoms with E-state index in [1.165, 1.54) is 0 Å². The summed E-state index contributed by atoms with van der Waals surface area (Å²) in [5.41, 5.74) is 1.54. The van der Waals surface area contributed by atoms with Crippen LogP contribution in [0.3, 0.4) is 0 Å². The van der Waals surface area contributed by atoms with Gasteiger partial charge in [-0.2, -0.15) is 0 Å². The molecule has 0 aliphatic heterocycles. The van der Waals surface area contributed by atoms with Crippen molar-refractivity contribution in [2.45, 2.75) is 13.0 Å². The van der Waals surface area contributed by atoms with Gasteiger partial charge in [0.15, 0.2) is 11.5 Å². The number of hydrogen-bond acceptors (Lipinski definition) is 5. The number of ether oxygens (including phenoxy) is 2. The SMILES string of the molecule is COc1ccc([C@@H](C)NC(=O)Nc2ccc(N(C)C)nc2)cc1OC. The molecule has 0 spiro atoms. The van der Waals surface area contributed by atoms with Gasteiger partial charge in [-0.15, -0.1) is 0 Å². The quantitative estimate of drug-likeness (QED) is 0.842. The van der Waals surface area contributed by atoms with Gasteiger partial charge >= 0.3 is 6.03 Å². The van der Waals surface area contributed by atoms with Gasteiger partial charge < -0.3 is 25.0 Å². The van der Waals surface area contributed by atoms with Crippen molar-refractivity contribution in [3.05, 3.63) is 42.1 Å². The third kappa shape index (κ3) is 4.76. The highest BCUT2D eigenvalue weighted by Crippen LogP contribution is 2.29. The highest BCUT2D eigenvalue weighted by molar-refractivity contribution is 5.89. The number of methoxy groups -OCH3 is 2. The van der Waals surface area contributed by atoms with Gasteiger partial charge in [0, 0.05) is 14.1 Å². The zero-order chi connectivity index (χ0) is 18.4. The number of rotatable bonds is 6. The molecule has 1 atom stereocenters. The Morgan fingerprint density at radius 2 is 1.84 bits per heavy atom. The van der Waals surface area contributed by atoms with Crippen molar-refractivity contribution in [1.82, 2.24) is 10.3 Å². The molecule has 2 amide bonds. The van der Waals surface area contributed by atoms with E-state index in [0.717, 1.165) is 11.4 Å². The molecule has 2 rings (SSSR count). The predicted octanol–water partition coefficient (Wildman–Crippen LogP) is 3.05. The molecule has 25 heavy (non-hydrogen) atoms. The standard InChI is InChI=1S/C18H24N4O3/c1-12(13-6-8-15(24-4)16(10-13)25-5)20-18(23)21-14-7-9-17(19-11-14)22(2)3/h6-12H,1-5H3,(H2,20,21,23)/t12-/m1/s1. The summed E-state index contributed by atoms with van der Waals surface area (Å²) in [7, 11) is 6.99. The van der Waals surface area contributed by atoms with Gasteiger partial charge in [-0.1, -0.05) is 6.07 Å². The maximum atomic E-state index is 12.2. The first kappa shape index (κ1) is 18.4. The zero-order valence-corrected chi connectivity index (χ0v) is 15.2. The van der Waals surface area contributed by atoms with E-state index >= 15 is 0 Å². The van der Waals surface area contributed by atoms with Crippen molar-refractivity contribution < 1.29 is 14.3 Å². The molecular weight excluding hydrogens is 320 g/mol. The van der Waals surface area contributed by atoms with E-state index in [1.807, 2.05) is 56.3 Å². The van der Waals surface area contributed by atoms with Gasteiger partial charge in [-0.05, 0) is 36.8 Å². The van der Waals surface area contributed by atoms with Crippen LogP contribution in [0.1, 0.15) is 18.5 Å². The van der Waals surface area contributed by atoms with E-state index in [4.69, 9.17) is 9.47 Å². The minimum Gasteiger partial charge on any atom is -0.493 e. The topological polar surface area (TPSA) is 75.7 Å². The molecule has 1 aromatic carbocycles. The molecule has 0 saturated heterocycles. The van der Waals surface area contributed by atoms with Crippen LogP contribution in [0.5, 0.6) is 11.5 Å². The molecule has 0 aliphatic carbocycles. The number of nitrogens with one attached hydrogen (secondary N) is 2. The Kier molecular flexibility index (Phi) is 6.05. The summed E-state index contributed by atoms with van der Waals surface area (Å²) in [6.45, 7) is 1.90.